The first kappa shape index (κ1) is 23.0. The fraction of sp³-hybridized carbons (Fsp3) is 0.375. The summed E-state index contributed by atoms with van der Waals surface area (Å²) in [7, 11) is -0.100. The van der Waals surface area contributed by atoms with E-state index < -0.39 is 10.0 Å². The monoisotopic (exact) mass is 442 g/mol. The molecule has 166 valence electrons. The van der Waals surface area contributed by atoms with Gasteiger partial charge in [-0.2, -0.15) is 4.31 Å². The Hall–Kier alpha value is -2.64. The largest absolute Gasteiger partial charge is 0.497 e. The number of ether oxygens (including phenoxy) is 1. The Bertz CT molecular complexity index is 991. The van der Waals surface area contributed by atoms with E-state index >= 15 is 0 Å². The lowest BCUT2D eigenvalue weighted by Gasteiger charge is -2.19. The van der Waals surface area contributed by atoms with Crippen molar-refractivity contribution in [3.63, 3.8) is 0 Å². The second-order valence-electron chi connectivity index (χ2n) is 7.76. The fourth-order valence-corrected chi connectivity index (χ4v) is 5.08. The van der Waals surface area contributed by atoms with E-state index in [1.165, 1.54) is 6.08 Å². The smallest absolute Gasteiger partial charge is 0.246 e. The lowest BCUT2D eigenvalue weighted by Crippen LogP contribution is -2.31. The highest BCUT2D eigenvalue weighted by Gasteiger charge is 2.24. The molecule has 0 bridgehead atoms. The molecule has 1 aliphatic rings. The topological polar surface area (TPSA) is 66.9 Å². The fourth-order valence-electron chi connectivity index (χ4n) is 3.56. The number of sulfonamides is 1. The molecule has 6 nitrogen and oxygen atoms in total. The quantitative estimate of drug-likeness (QED) is 0.610. The molecule has 3 rings (SSSR count). The second-order valence-corrected chi connectivity index (χ2v) is 9.70. The highest BCUT2D eigenvalue weighted by Crippen LogP contribution is 2.21. The van der Waals surface area contributed by atoms with Gasteiger partial charge in [0.2, 0.25) is 15.9 Å². The standard InChI is InChI=1S/C24H30N2O4S/c1-25(19-21-7-12-22(30-2)13-8-21)24(27)16-11-20-9-14-23(15-10-20)31(28,29)26-17-5-3-4-6-18-26/h7-16H,3-6,17-19H2,1-2H3/b16-11+. The Kier molecular flexibility index (Phi) is 7.87. The maximum atomic E-state index is 12.9. The molecular weight excluding hydrogens is 412 g/mol. The predicted molar refractivity (Wildman–Crippen MR) is 122 cm³/mol. The van der Waals surface area contributed by atoms with Crippen LogP contribution in [0.1, 0.15) is 36.8 Å². The zero-order valence-corrected chi connectivity index (χ0v) is 19.0. The van der Waals surface area contributed by atoms with E-state index in [2.05, 4.69) is 0 Å². The molecule has 2 aromatic carbocycles. The third kappa shape index (κ3) is 6.18. The van der Waals surface area contributed by atoms with Crippen LogP contribution in [0.5, 0.6) is 5.75 Å². The lowest BCUT2D eigenvalue weighted by atomic mass is 10.2. The number of carbonyl (C=O) groups is 1. The number of methoxy groups -OCH3 is 1. The summed E-state index contributed by atoms with van der Waals surface area (Å²) < 4.78 is 32.5. The van der Waals surface area contributed by atoms with E-state index in [0.29, 0.717) is 24.5 Å². The van der Waals surface area contributed by atoms with Gasteiger partial charge in [0.15, 0.2) is 0 Å². The molecule has 0 atom stereocenters. The van der Waals surface area contributed by atoms with Gasteiger partial charge in [0.25, 0.3) is 0 Å². The summed E-state index contributed by atoms with van der Waals surface area (Å²) in [6, 6.07) is 14.3. The number of hydrogen-bond donors (Lipinski definition) is 0. The van der Waals surface area contributed by atoms with Crippen molar-refractivity contribution in [3.05, 3.63) is 65.7 Å². The number of carbonyl (C=O) groups excluding carboxylic acids is 1. The van der Waals surface area contributed by atoms with Crippen LogP contribution in [0, 0.1) is 0 Å². The zero-order valence-electron chi connectivity index (χ0n) is 18.2. The number of hydrogen-bond acceptors (Lipinski definition) is 4. The number of likely N-dealkylation sites (N-methyl/N-ethyl adjacent to an activating group) is 1. The number of amides is 1. The minimum absolute atomic E-state index is 0.128. The van der Waals surface area contributed by atoms with Crippen molar-refractivity contribution in [2.45, 2.75) is 37.1 Å². The molecule has 7 heteroatoms. The van der Waals surface area contributed by atoms with Crippen molar-refractivity contribution < 1.29 is 17.9 Å². The molecular formula is C24H30N2O4S. The summed E-state index contributed by atoms with van der Waals surface area (Å²) in [5.74, 6) is 0.649. The normalized spacial score (nSPS) is 15.5. The van der Waals surface area contributed by atoms with Crippen LogP contribution in [0.3, 0.4) is 0 Å². The molecule has 2 aromatic rings. The van der Waals surface area contributed by atoms with Crippen LogP contribution in [-0.4, -0.2) is 50.8 Å². The number of benzene rings is 2. The molecule has 1 saturated heterocycles. The Morgan fingerprint density at radius 2 is 1.61 bits per heavy atom. The van der Waals surface area contributed by atoms with Crippen LogP contribution < -0.4 is 4.74 Å². The molecule has 1 aliphatic heterocycles. The van der Waals surface area contributed by atoms with Crippen LogP contribution in [0.2, 0.25) is 0 Å². The summed E-state index contributed by atoms with van der Waals surface area (Å²) >= 11 is 0. The SMILES string of the molecule is COc1ccc(CN(C)C(=O)/C=C/c2ccc(S(=O)(=O)N3CCCCCC3)cc2)cc1. The first-order valence-electron chi connectivity index (χ1n) is 10.6. The molecule has 31 heavy (non-hydrogen) atoms. The van der Waals surface area contributed by atoms with E-state index in [4.69, 9.17) is 4.74 Å². The van der Waals surface area contributed by atoms with Crippen LogP contribution in [-0.2, 0) is 21.4 Å². The Balaban J connectivity index is 1.60. The van der Waals surface area contributed by atoms with Gasteiger partial charge in [-0.05, 0) is 54.3 Å². The third-order valence-electron chi connectivity index (χ3n) is 5.46. The average molecular weight is 443 g/mol. The van der Waals surface area contributed by atoms with Gasteiger partial charge < -0.3 is 9.64 Å². The van der Waals surface area contributed by atoms with Crippen molar-refractivity contribution in [1.82, 2.24) is 9.21 Å². The molecule has 0 radical (unpaired) electrons. The third-order valence-corrected chi connectivity index (χ3v) is 7.37. The molecule has 1 amide bonds. The van der Waals surface area contributed by atoms with Gasteiger partial charge in [-0.1, -0.05) is 37.1 Å². The van der Waals surface area contributed by atoms with E-state index in [1.807, 2.05) is 24.3 Å². The van der Waals surface area contributed by atoms with E-state index in [9.17, 15) is 13.2 Å². The highest BCUT2D eigenvalue weighted by atomic mass is 32.2. The second kappa shape index (κ2) is 10.6. The van der Waals surface area contributed by atoms with Gasteiger partial charge in [-0.3, -0.25) is 4.79 Å². The number of rotatable bonds is 7. The Labute approximate surface area is 185 Å². The Morgan fingerprint density at radius 3 is 2.19 bits per heavy atom. The molecule has 0 aromatic heterocycles. The molecule has 1 fully saturated rings. The summed E-state index contributed by atoms with van der Waals surface area (Å²) in [6.45, 7) is 1.65. The van der Waals surface area contributed by atoms with E-state index in [0.717, 1.165) is 42.6 Å². The van der Waals surface area contributed by atoms with Crippen molar-refractivity contribution in [2.75, 3.05) is 27.2 Å². The summed E-state index contributed by atoms with van der Waals surface area (Å²) in [6.07, 6.45) is 7.18. The van der Waals surface area contributed by atoms with E-state index in [1.54, 1.807) is 53.7 Å². The van der Waals surface area contributed by atoms with Crippen molar-refractivity contribution in [2.24, 2.45) is 0 Å². The van der Waals surface area contributed by atoms with Crippen LogP contribution in [0.15, 0.2) is 59.5 Å². The lowest BCUT2D eigenvalue weighted by molar-refractivity contribution is -0.125. The van der Waals surface area contributed by atoms with Crippen LogP contribution >= 0.6 is 0 Å². The van der Waals surface area contributed by atoms with Crippen molar-refractivity contribution in [1.29, 1.82) is 0 Å². The van der Waals surface area contributed by atoms with Gasteiger partial charge in [0.05, 0.1) is 12.0 Å². The molecule has 0 aliphatic carbocycles. The zero-order chi connectivity index (χ0) is 22.3. The van der Waals surface area contributed by atoms with Gasteiger partial charge >= 0.3 is 0 Å². The first-order valence-corrected chi connectivity index (χ1v) is 12.0. The molecule has 0 unspecified atom stereocenters. The minimum atomic E-state index is -3.46. The van der Waals surface area contributed by atoms with Gasteiger partial charge in [0, 0.05) is 32.8 Å². The van der Waals surface area contributed by atoms with E-state index in [-0.39, 0.29) is 5.91 Å². The van der Waals surface area contributed by atoms with Gasteiger partial charge in [-0.15, -0.1) is 0 Å². The minimum Gasteiger partial charge on any atom is -0.497 e. The summed E-state index contributed by atoms with van der Waals surface area (Å²) in [5, 5.41) is 0. The Morgan fingerprint density at radius 1 is 1.00 bits per heavy atom. The predicted octanol–water partition coefficient (Wildman–Crippen LogP) is 3.93. The summed E-state index contributed by atoms with van der Waals surface area (Å²) in [4.78, 5) is 14.3. The average Bonchev–Trinajstić information content (AvgIpc) is 3.08. The van der Waals surface area contributed by atoms with Crippen LogP contribution in [0.25, 0.3) is 6.08 Å². The van der Waals surface area contributed by atoms with Gasteiger partial charge in [0.1, 0.15) is 5.75 Å². The highest BCUT2D eigenvalue weighted by molar-refractivity contribution is 7.89. The maximum absolute atomic E-state index is 12.9. The molecule has 0 spiro atoms. The van der Waals surface area contributed by atoms with Crippen molar-refractivity contribution in [3.8, 4) is 5.75 Å². The molecule has 0 saturated carbocycles. The number of nitrogens with zero attached hydrogens (tertiary/aromatic N) is 2. The maximum Gasteiger partial charge on any atom is 0.246 e. The van der Waals surface area contributed by atoms with Crippen molar-refractivity contribution >= 4 is 22.0 Å². The molecule has 1 heterocycles. The summed E-state index contributed by atoms with van der Waals surface area (Å²) in [5.41, 5.74) is 1.79. The molecule has 0 N–H and O–H groups in total. The first-order chi connectivity index (χ1) is 14.9. The van der Waals surface area contributed by atoms with Crippen LogP contribution in [0.4, 0.5) is 0 Å². The van der Waals surface area contributed by atoms with Gasteiger partial charge in [-0.25, -0.2) is 8.42 Å².